The van der Waals surface area contributed by atoms with E-state index in [1.165, 1.54) is 11.8 Å². The molecule has 0 unspecified atom stereocenters. The second kappa shape index (κ2) is 6.11. The minimum absolute atomic E-state index is 0.122. The number of hydrogen-bond donors (Lipinski definition) is 1. The van der Waals surface area contributed by atoms with Gasteiger partial charge in [-0.2, -0.15) is 0 Å². The molecule has 54 valence electrons. The molecule has 0 fully saturated rings. The van der Waals surface area contributed by atoms with Crippen molar-refractivity contribution >= 4 is 16.9 Å². The Kier molecular flexibility index (Phi) is 6.09. The molecule has 0 aromatic carbocycles. The van der Waals surface area contributed by atoms with Crippen LogP contribution < -0.4 is 0 Å². The van der Waals surface area contributed by atoms with Gasteiger partial charge in [0.05, 0.1) is 0 Å². The summed E-state index contributed by atoms with van der Waals surface area (Å²) < 4.78 is 0. The third kappa shape index (κ3) is 5.86. The fourth-order valence-corrected chi connectivity index (χ4v) is 1.13. The third-order valence-electron chi connectivity index (χ3n) is 0.890. The molecular formula is C6H12O2S. The van der Waals surface area contributed by atoms with Crippen LogP contribution in [0.15, 0.2) is 0 Å². The second-order valence-corrected chi connectivity index (χ2v) is 2.88. The molecule has 0 radical (unpaired) electrons. The first-order valence-electron chi connectivity index (χ1n) is 3.07. The van der Waals surface area contributed by atoms with Crippen molar-refractivity contribution in [1.29, 1.82) is 0 Å². The highest BCUT2D eigenvalue weighted by Gasteiger charge is 1.96. The van der Waals surface area contributed by atoms with Crippen LogP contribution in [0.3, 0.4) is 0 Å². The maximum atomic E-state index is 10.4. The zero-order chi connectivity index (χ0) is 7.11. The maximum absolute atomic E-state index is 10.4. The predicted octanol–water partition coefficient (Wildman–Crippen LogP) is 1.04. The number of rotatable bonds is 4. The van der Waals surface area contributed by atoms with Gasteiger partial charge in [0.25, 0.3) is 0 Å². The molecule has 0 saturated heterocycles. The van der Waals surface area contributed by atoms with Crippen molar-refractivity contribution in [1.82, 2.24) is 0 Å². The first kappa shape index (κ1) is 8.98. The van der Waals surface area contributed by atoms with Crippen LogP contribution in [0.5, 0.6) is 0 Å². The molecule has 0 atom stereocenters. The van der Waals surface area contributed by atoms with E-state index < -0.39 is 0 Å². The molecule has 0 aliphatic heterocycles. The smallest absolute Gasteiger partial charge is 0.214 e. The molecule has 0 aromatic rings. The van der Waals surface area contributed by atoms with Crippen LogP contribution in [-0.4, -0.2) is 22.6 Å². The Bertz CT molecular complexity index is 83.1. The van der Waals surface area contributed by atoms with Crippen molar-refractivity contribution in [2.45, 2.75) is 19.8 Å². The number of carbonyl (C=O) groups excluding carboxylic acids is 1. The molecule has 9 heavy (non-hydrogen) atoms. The summed E-state index contributed by atoms with van der Waals surface area (Å²) in [5.41, 5.74) is 0. The van der Waals surface area contributed by atoms with E-state index in [2.05, 4.69) is 6.92 Å². The summed E-state index contributed by atoms with van der Waals surface area (Å²) in [6.07, 6.45) is 2.15. The molecule has 0 rings (SSSR count). The summed E-state index contributed by atoms with van der Waals surface area (Å²) in [5.74, 6) is 0.843. The fraction of sp³-hybridized carbons (Fsp3) is 0.833. The van der Waals surface area contributed by atoms with Crippen molar-refractivity contribution in [2.75, 3.05) is 12.4 Å². The van der Waals surface area contributed by atoms with Crippen LogP contribution in [0.4, 0.5) is 0 Å². The molecular weight excluding hydrogens is 136 g/mol. The van der Waals surface area contributed by atoms with Crippen molar-refractivity contribution in [3.8, 4) is 0 Å². The lowest BCUT2D eigenvalue weighted by atomic mass is 10.4. The molecule has 1 N–H and O–H groups in total. The summed E-state index contributed by atoms with van der Waals surface area (Å²) in [6, 6.07) is 0. The molecule has 0 bridgehead atoms. The summed E-state index contributed by atoms with van der Waals surface area (Å²) in [4.78, 5) is 10.4. The number of aliphatic hydroxyl groups is 1. The first-order valence-corrected chi connectivity index (χ1v) is 4.06. The third-order valence-corrected chi connectivity index (χ3v) is 1.83. The van der Waals surface area contributed by atoms with Gasteiger partial charge in [0.15, 0.2) is 0 Å². The van der Waals surface area contributed by atoms with E-state index in [0.29, 0.717) is 0 Å². The van der Waals surface area contributed by atoms with Crippen LogP contribution in [0.25, 0.3) is 0 Å². The second-order valence-electron chi connectivity index (χ2n) is 1.73. The monoisotopic (exact) mass is 148 g/mol. The van der Waals surface area contributed by atoms with E-state index in [1.54, 1.807) is 0 Å². The highest BCUT2D eigenvalue weighted by atomic mass is 32.2. The van der Waals surface area contributed by atoms with Gasteiger partial charge in [-0.15, -0.1) is 0 Å². The van der Waals surface area contributed by atoms with Gasteiger partial charge in [-0.05, 0) is 6.42 Å². The van der Waals surface area contributed by atoms with Gasteiger partial charge in [0.2, 0.25) is 5.12 Å². The van der Waals surface area contributed by atoms with E-state index >= 15 is 0 Å². The highest BCUT2D eigenvalue weighted by molar-refractivity contribution is 8.13. The van der Waals surface area contributed by atoms with Gasteiger partial charge in [0.1, 0.15) is 6.61 Å². The van der Waals surface area contributed by atoms with Crippen molar-refractivity contribution < 1.29 is 9.90 Å². The van der Waals surface area contributed by atoms with Crippen LogP contribution in [-0.2, 0) is 4.79 Å². The average molecular weight is 148 g/mol. The molecule has 0 aliphatic carbocycles. The first-order chi connectivity index (χ1) is 4.31. The lowest BCUT2D eigenvalue weighted by Crippen LogP contribution is -1.98. The summed E-state index contributed by atoms with van der Waals surface area (Å²) in [7, 11) is 0. The summed E-state index contributed by atoms with van der Waals surface area (Å²) in [6.45, 7) is 1.75. The minimum atomic E-state index is -0.325. The van der Waals surface area contributed by atoms with Crippen molar-refractivity contribution in [3.63, 3.8) is 0 Å². The van der Waals surface area contributed by atoms with Gasteiger partial charge in [0, 0.05) is 5.75 Å². The Hall–Kier alpha value is -0.0200. The molecule has 0 aromatic heterocycles. The lowest BCUT2D eigenvalue weighted by molar-refractivity contribution is -0.113. The maximum Gasteiger partial charge on any atom is 0.214 e. The zero-order valence-electron chi connectivity index (χ0n) is 5.59. The van der Waals surface area contributed by atoms with Gasteiger partial charge in [-0.25, -0.2) is 0 Å². The Labute approximate surface area is 59.6 Å². The molecule has 0 heterocycles. The van der Waals surface area contributed by atoms with Crippen LogP contribution in [0.1, 0.15) is 19.8 Å². The van der Waals surface area contributed by atoms with Gasteiger partial charge in [-0.1, -0.05) is 25.1 Å². The summed E-state index contributed by atoms with van der Waals surface area (Å²) >= 11 is 1.21. The van der Waals surface area contributed by atoms with E-state index in [4.69, 9.17) is 5.11 Å². The van der Waals surface area contributed by atoms with E-state index in [0.717, 1.165) is 18.6 Å². The van der Waals surface area contributed by atoms with Crippen LogP contribution >= 0.6 is 11.8 Å². The molecule has 0 aliphatic rings. The highest BCUT2D eigenvalue weighted by Crippen LogP contribution is 2.04. The molecule has 0 amide bonds. The number of unbranched alkanes of at least 4 members (excludes halogenated alkanes) is 1. The number of hydrogen-bond acceptors (Lipinski definition) is 3. The largest absolute Gasteiger partial charge is 0.388 e. The number of thioether (sulfide) groups is 1. The topological polar surface area (TPSA) is 37.3 Å². The Morgan fingerprint density at radius 3 is 2.78 bits per heavy atom. The van der Waals surface area contributed by atoms with Gasteiger partial charge >= 0.3 is 0 Å². The molecule has 0 saturated carbocycles. The fourth-order valence-electron chi connectivity index (χ4n) is 0.376. The Balaban J connectivity index is 2.97. The molecule has 3 heteroatoms. The van der Waals surface area contributed by atoms with Crippen molar-refractivity contribution in [2.24, 2.45) is 0 Å². The quantitative estimate of drug-likeness (QED) is 0.605. The Morgan fingerprint density at radius 2 is 2.33 bits per heavy atom. The Morgan fingerprint density at radius 1 is 1.67 bits per heavy atom. The van der Waals surface area contributed by atoms with Crippen LogP contribution in [0.2, 0.25) is 0 Å². The minimum Gasteiger partial charge on any atom is -0.388 e. The van der Waals surface area contributed by atoms with E-state index in [-0.39, 0.29) is 11.7 Å². The average Bonchev–Trinajstić information content (AvgIpc) is 1.89. The molecule has 0 spiro atoms. The van der Waals surface area contributed by atoms with Crippen molar-refractivity contribution in [3.05, 3.63) is 0 Å². The van der Waals surface area contributed by atoms with Gasteiger partial charge in [-0.3, -0.25) is 4.79 Å². The number of carbonyl (C=O) groups is 1. The molecule has 2 nitrogen and oxygen atoms in total. The SMILES string of the molecule is CCCCSC(=O)CO. The normalized spacial score (nSPS) is 9.56. The summed E-state index contributed by atoms with van der Waals surface area (Å²) in [5, 5.41) is 8.14. The lowest BCUT2D eigenvalue weighted by Gasteiger charge is -1.93. The van der Waals surface area contributed by atoms with Crippen LogP contribution in [0, 0.1) is 0 Å². The number of aliphatic hydroxyl groups excluding tert-OH is 1. The van der Waals surface area contributed by atoms with E-state index in [1.807, 2.05) is 0 Å². The van der Waals surface area contributed by atoms with E-state index in [9.17, 15) is 4.79 Å². The van der Waals surface area contributed by atoms with Gasteiger partial charge < -0.3 is 5.11 Å². The predicted molar refractivity (Wildman–Crippen MR) is 39.5 cm³/mol. The standard InChI is InChI=1S/C6H12O2S/c1-2-3-4-9-6(8)5-7/h7H,2-5H2,1H3. The zero-order valence-corrected chi connectivity index (χ0v) is 6.41.